The van der Waals surface area contributed by atoms with E-state index >= 15 is 0 Å². The first-order valence-corrected chi connectivity index (χ1v) is 12.6. The molecule has 182 valence electrons. The zero-order valence-corrected chi connectivity index (χ0v) is 21.1. The zero-order chi connectivity index (χ0) is 25.2. The Hall–Kier alpha value is -3.26. The summed E-state index contributed by atoms with van der Waals surface area (Å²) in [7, 11) is 0. The Bertz CT molecular complexity index is 1500. The quantitative estimate of drug-likeness (QED) is 0.231. The van der Waals surface area contributed by atoms with Gasteiger partial charge in [0.25, 0.3) is 11.1 Å². The maximum Gasteiger partial charge on any atom is 0.293 e. The molecule has 5 nitrogen and oxygen atoms in total. The number of imide groups is 1. The van der Waals surface area contributed by atoms with Crippen molar-refractivity contribution in [3.8, 4) is 5.75 Å². The average molecular weight is 541 g/mol. The molecule has 0 N–H and O–H groups in total. The van der Waals surface area contributed by atoms with Gasteiger partial charge in [0.2, 0.25) is 0 Å². The van der Waals surface area contributed by atoms with Crippen LogP contribution in [-0.2, 0) is 11.3 Å². The molecule has 0 aliphatic carbocycles. The lowest BCUT2D eigenvalue weighted by atomic mass is 10.1. The molecule has 0 unspecified atom stereocenters. The highest BCUT2D eigenvalue weighted by Gasteiger charge is 2.35. The summed E-state index contributed by atoms with van der Waals surface area (Å²) in [5.41, 5.74) is 2.71. The lowest BCUT2D eigenvalue weighted by molar-refractivity contribution is -0.123. The lowest BCUT2D eigenvalue weighted by Crippen LogP contribution is -2.32. The third-order valence-electron chi connectivity index (χ3n) is 5.73. The fourth-order valence-corrected chi connectivity index (χ4v) is 5.30. The molecule has 0 atom stereocenters. The van der Waals surface area contributed by atoms with Crippen molar-refractivity contribution < 1.29 is 18.7 Å². The average Bonchev–Trinajstić information content (AvgIpc) is 3.34. The van der Waals surface area contributed by atoms with E-state index in [0.29, 0.717) is 27.2 Å². The van der Waals surface area contributed by atoms with Gasteiger partial charge in [0, 0.05) is 39.3 Å². The Labute approximate surface area is 221 Å². The predicted octanol–water partition coefficient (Wildman–Crippen LogP) is 7.25. The minimum Gasteiger partial charge on any atom is -0.492 e. The largest absolute Gasteiger partial charge is 0.492 e. The van der Waals surface area contributed by atoms with Crippen molar-refractivity contribution in [3.05, 3.63) is 105 Å². The number of fused-ring (bicyclic) bond motifs is 1. The fourth-order valence-electron chi connectivity index (χ4n) is 3.97. The fraction of sp³-hybridized carbons (Fsp3) is 0.111. The van der Waals surface area contributed by atoms with E-state index in [1.165, 1.54) is 24.3 Å². The maximum atomic E-state index is 13.0. The molecule has 1 aliphatic rings. The highest BCUT2D eigenvalue weighted by atomic mass is 35.5. The number of amides is 2. The number of para-hydroxylation sites is 1. The van der Waals surface area contributed by atoms with Crippen LogP contribution in [0.25, 0.3) is 17.0 Å². The van der Waals surface area contributed by atoms with E-state index in [1.807, 2.05) is 36.5 Å². The molecule has 4 aromatic rings. The Morgan fingerprint density at radius 1 is 1.00 bits per heavy atom. The van der Waals surface area contributed by atoms with Crippen molar-refractivity contribution in [1.82, 2.24) is 9.47 Å². The molecule has 2 heterocycles. The molecule has 1 aromatic heterocycles. The van der Waals surface area contributed by atoms with Crippen molar-refractivity contribution >= 4 is 63.1 Å². The summed E-state index contributed by atoms with van der Waals surface area (Å²) in [5, 5.41) is 1.74. The number of ether oxygens (including phenoxy) is 1. The van der Waals surface area contributed by atoms with E-state index in [0.717, 1.165) is 38.7 Å². The minimum absolute atomic E-state index is 0.0935. The molecule has 9 heteroatoms. The van der Waals surface area contributed by atoms with Crippen LogP contribution in [0.2, 0.25) is 10.0 Å². The molecule has 1 aliphatic heterocycles. The number of hydrogen-bond acceptors (Lipinski definition) is 4. The molecule has 0 radical (unpaired) electrons. The summed E-state index contributed by atoms with van der Waals surface area (Å²) in [6.07, 6.45) is 3.69. The van der Waals surface area contributed by atoms with Gasteiger partial charge in [0.15, 0.2) is 0 Å². The number of benzene rings is 3. The van der Waals surface area contributed by atoms with Gasteiger partial charge in [-0.2, -0.15) is 0 Å². The van der Waals surface area contributed by atoms with Crippen LogP contribution >= 0.6 is 35.0 Å². The van der Waals surface area contributed by atoms with E-state index in [1.54, 1.807) is 18.2 Å². The van der Waals surface area contributed by atoms with Gasteiger partial charge < -0.3 is 9.30 Å². The number of carbonyl (C=O) groups is 2. The monoisotopic (exact) mass is 540 g/mol. The summed E-state index contributed by atoms with van der Waals surface area (Å²) >= 11 is 13.3. The van der Waals surface area contributed by atoms with Gasteiger partial charge in [-0.05, 0) is 65.9 Å². The first-order chi connectivity index (χ1) is 17.4. The maximum absolute atomic E-state index is 13.0. The molecular formula is C27H19Cl2FN2O3S. The Morgan fingerprint density at radius 3 is 2.56 bits per heavy atom. The minimum atomic E-state index is -0.370. The third kappa shape index (κ3) is 5.14. The van der Waals surface area contributed by atoms with Crippen LogP contribution in [-0.4, -0.2) is 33.8 Å². The number of halogens is 3. The van der Waals surface area contributed by atoms with Gasteiger partial charge >= 0.3 is 0 Å². The SMILES string of the molecule is O=C1S/C(=C\c2cn(Cc3ccc(Cl)cc3Cl)c3ccccc23)C(=O)N1CCOc1ccc(F)cc1. The van der Waals surface area contributed by atoms with Gasteiger partial charge in [-0.25, -0.2) is 4.39 Å². The summed E-state index contributed by atoms with van der Waals surface area (Å²) in [6.45, 7) is 0.723. The number of aromatic nitrogens is 1. The smallest absolute Gasteiger partial charge is 0.293 e. The summed E-state index contributed by atoms with van der Waals surface area (Å²) in [6, 6.07) is 18.8. The van der Waals surface area contributed by atoms with Crippen LogP contribution in [0, 0.1) is 5.82 Å². The van der Waals surface area contributed by atoms with Crippen LogP contribution in [0.5, 0.6) is 5.75 Å². The first kappa shape index (κ1) is 24.4. The third-order valence-corrected chi connectivity index (χ3v) is 7.23. The topological polar surface area (TPSA) is 51.5 Å². The van der Waals surface area contributed by atoms with Gasteiger partial charge in [-0.15, -0.1) is 0 Å². The van der Waals surface area contributed by atoms with E-state index in [-0.39, 0.29) is 30.1 Å². The van der Waals surface area contributed by atoms with Gasteiger partial charge in [-0.3, -0.25) is 14.5 Å². The molecule has 0 saturated carbocycles. The van der Waals surface area contributed by atoms with Crippen LogP contribution < -0.4 is 4.74 Å². The first-order valence-electron chi connectivity index (χ1n) is 11.0. The van der Waals surface area contributed by atoms with E-state index in [9.17, 15) is 14.0 Å². The van der Waals surface area contributed by atoms with Crippen molar-refractivity contribution in [2.24, 2.45) is 0 Å². The molecular weight excluding hydrogens is 522 g/mol. The molecule has 36 heavy (non-hydrogen) atoms. The number of nitrogens with zero attached hydrogens (tertiary/aromatic N) is 2. The van der Waals surface area contributed by atoms with Crippen LogP contribution in [0.3, 0.4) is 0 Å². The molecule has 0 spiro atoms. The molecule has 1 saturated heterocycles. The summed E-state index contributed by atoms with van der Waals surface area (Å²) in [5.74, 6) is -0.270. The normalized spacial score (nSPS) is 14.9. The molecule has 0 bridgehead atoms. The number of carbonyl (C=O) groups excluding carboxylic acids is 2. The number of rotatable bonds is 7. The van der Waals surface area contributed by atoms with Gasteiger partial charge in [0.05, 0.1) is 11.4 Å². The number of hydrogen-bond donors (Lipinski definition) is 0. The Morgan fingerprint density at radius 2 is 1.78 bits per heavy atom. The summed E-state index contributed by atoms with van der Waals surface area (Å²) < 4.78 is 20.6. The van der Waals surface area contributed by atoms with Crippen molar-refractivity contribution in [1.29, 1.82) is 0 Å². The van der Waals surface area contributed by atoms with Crippen LogP contribution in [0.4, 0.5) is 9.18 Å². The second-order valence-electron chi connectivity index (χ2n) is 8.10. The number of thioether (sulfide) groups is 1. The Kier molecular flexibility index (Phi) is 7.05. The van der Waals surface area contributed by atoms with Crippen LogP contribution in [0.1, 0.15) is 11.1 Å². The van der Waals surface area contributed by atoms with Crippen molar-refractivity contribution in [2.45, 2.75) is 6.54 Å². The van der Waals surface area contributed by atoms with Crippen molar-refractivity contribution in [3.63, 3.8) is 0 Å². The van der Waals surface area contributed by atoms with E-state index in [2.05, 4.69) is 4.57 Å². The second-order valence-corrected chi connectivity index (χ2v) is 9.94. The zero-order valence-electron chi connectivity index (χ0n) is 18.8. The van der Waals surface area contributed by atoms with Gasteiger partial charge in [-0.1, -0.05) is 47.5 Å². The Balaban J connectivity index is 1.35. The standard InChI is InChI=1S/C27H19Cl2FN2O3S/c28-19-6-5-17(23(29)14-19)15-31-16-18(22-3-1-2-4-24(22)31)13-25-26(33)32(27(34)36-25)11-12-35-21-9-7-20(30)8-10-21/h1-10,13-14,16H,11-12,15H2/b25-13-. The predicted molar refractivity (Wildman–Crippen MR) is 142 cm³/mol. The highest BCUT2D eigenvalue weighted by Crippen LogP contribution is 2.34. The van der Waals surface area contributed by atoms with Crippen molar-refractivity contribution in [2.75, 3.05) is 13.2 Å². The van der Waals surface area contributed by atoms with Crippen LogP contribution in [0.15, 0.2) is 77.8 Å². The van der Waals surface area contributed by atoms with E-state index < -0.39 is 0 Å². The molecule has 1 fully saturated rings. The lowest BCUT2D eigenvalue weighted by Gasteiger charge is -2.13. The molecule has 5 rings (SSSR count). The second kappa shape index (κ2) is 10.4. The molecule has 2 amide bonds. The van der Waals surface area contributed by atoms with Gasteiger partial charge in [0.1, 0.15) is 18.2 Å². The molecule has 3 aromatic carbocycles. The summed E-state index contributed by atoms with van der Waals surface area (Å²) in [4.78, 5) is 27.0. The highest BCUT2D eigenvalue weighted by molar-refractivity contribution is 8.18. The van der Waals surface area contributed by atoms with E-state index in [4.69, 9.17) is 27.9 Å².